The summed E-state index contributed by atoms with van der Waals surface area (Å²) >= 11 is 2.92. The molecule has 1 atom stereocenters. The van der Waals surface area contributed by atoms with Crippen LogP contribution in [0.25, 0.3) is 0 Å². The summed E-state index contributed by atoms with van der Waals surface area (Å²) in [6.45, 7) is 1.23. The Morgan fingerprint density at radius 3 is 3.00 bits per heavy atom. The standard InChI is InChI=1S/C11H12BrFN2O3/c12-8-4-10(15(16)17)11(5-9(8)13)18-6-7-2-1-3-14-7/h4-5,7,14H,1-3,6H2/t7-/m1/s1. The van der Waals surface area contributed by atoms with Crippen LogP contribution < -0.4 is 10.1 Å². The van der Waals surface area contributed by atoms with Crippen LogP contribution in [-0.4, -0.2) is 24.1 Å². The van der Waals surface area contributed by atoms with Crippen molar-refractivity contribution in [2.75, 3.05) is 13.2 Å². The van der Waals surface area contributed by atoms with Gasteiger partial charge in [-0.25, -0.2) is 4.39 Å². The number of halogens is 2. The first kappa shape index (κ1) is 13.2. The van der Waals surface area contributed by atoms with Gasteiger partial charge in [0.2, 0.25) is 0 Å². The zero-order valence-electron chi connectivity index (χ0n) is 9.49. The fourth-order valence-corrected chi connectivity index (χ4v) is 2.20. The van der Waals surface area contributed by atoms with Crippen molar-refractivity contribution in [1.82, 2.24) is 5.32 Å². The van der Waals surface area contributed by atoms with Gasteiger partial charge in [0.05, 0.1) is 9.40 Å². The molecule has 0 aliphatic carbocycles. The number of nitro benzene ring substituents is 1. The molecule has 1 aromatic carbocycles. The van der Waals surface area contributed by atoms with Gasteiger partial charge in [-0.15, -0.1) is 0 Å². The van der Waals surface area contributed by atoms with Crippen molar-refractivity contribution in [3.8, 4) is 5.75 Å². The molecular weight excluding hydrogens is 307 g/mol. The second kappa shape index (κ2) is 5.62. The Morgan fingerprint density at radius 1 is 1.61 bits per heavy atom. The van der Waals surface area contributed by atoms with E-state index in [0.29, 0.717) is 6.61 Å². The van der Waals surface area contributed by atoms with Gasteiger partial charge in [0, 0.05) is 18.2 Å². The van der Waals surface area contributed by atoms with Gasteiger partial charge in [-0.1, -0.05) is 0 Å². The van der Waals surface area contributed by atoms with E-state index in [-0.39, 0.29) is 22.0 Å². The molecule has 98 valence electrons. The maximum atomic E-state index is 13.4. The molecule has 0 aromatic heterocycles. The van der Waals surface area contributed by atoms with Gasteiger partial charge in [0.1, 0.15) is 12.4 Å². The highest BCUT2D eigenvalue weighted by atomic mass is 79.9. The Labute approximate surface area is 112 Å². The Bertz CT molecular complexity index is 464. The lowest BCUT2D eigenvalue weighted by Gasteiger charge is -2.12. The molecule has 1 fully saturated rings. The van der Waals surface area contributed by atoms with Crippen molar-refractivity contribution < 1.29 is 14.1 Å². The van der Waals surface area contributed by atoms with Crippen LogP contribution in [0.1, 0.15) is 12.8 Å². The SMILES string of the molecule is O=[N+]([O-])c1cc(Br)c(F)cc1OC[C@H]1CCCN1. The fourth-order valence-electron chi connectivity index (χ4n) is 1.87. The second-order valence-electron chi connectivity index (χ2n) is 4.10. The van der Waals surface area contributed by atoms with Gasteiger partial charge >= 0.3 is 5.69 Å². The van der Waals surface area contributed by atoms with E-state index in [1.54, 1.807) is 0 Å². The van der Waals surface area contributed by atoms with E-state index in [0.717, 1.165) is 31.5 Å². The number of nitro groups is 1. The lowest BCUT2D eigenvalue weighted by molar-refractivity contribution is -0.386. The van der Waals surface area contributed by atoms with Crippen molar-refractivity contribution in [1.29, 1.82) is 0 Å². The molecule has 2 rings (SSSR count). The van der Waals surface area contributed by atoms with E-state index in [1.807, 2.05) is 0 Å². The minimum atomic E-state index is -0.582. The molecule has 1 heterocycles. The molecule has 0 spiro atoms. The Balaban J connectivity index is 2.14. The largest absolute Gasteiger partial charge is 0.485 e. The van der Waals surface area contributed by atoms with Gasteiger partial charge in [0.25, 0.3) is 0 Å². The zero-order chi connectivity index (χ0) is 13.1. The van der Waals surface area contributed by atoms with Crippen LogP contribution in [0.3, 0.4) is 0 Å². The molecular formula is C11H12BrFN2O3. The lowest BCUT2D eigenvalue weighted by Crippen LogP contribution is -2.28. The van der Waals surface area contributed by atoms with Crippen LogP contribution in [0.4, 0.5) is 10.1 Å². The maximum absolute atomic E-state index is 13.4. The molecule has 1 saturated heterocycles. The molecule has 7 heteroatoms. The second-order valence-corrected chi connectivity index (χ2v) is 4.95. The van der Waals surface area contributed by atoms with E-state index in [2.05, 4.69) is 21.2 Å². The topological polar surface area (TPSA) is 64.4 Å². The first-order valence-corrected chi connectivity index (χ1v) is 6.37. The van der Waals surface area contributed by atoms with Gasteiger partial charge in [-0.3, -0.25) is 10.1 Å². The summed E-state index contributed by atoms with van der Waals surface area (Å²) in [5.74, 6) is -0.607. The highest BCUT2D eigenvalue weighted by molar-refractivity contribution is 9.10. The summed E-state index contributed by atoms with van der Waals surface area (Å²) in [6, 6.07) is 2.33. The first-order chi connectivity index (χ1) is 8.58. The number of hydrogen-bond donors (Lipinski definition) is 1. The minimum absolute atomic E-state index is 0.0330. The Kier molecular flexibility index (Phi) is 4.13. The van der Waals surface area contributed by atoms with Crippen LogP contribution in [0.5, 0.6) is 5.75 Å². The van der Waals surface area contributed by atoms with Crippen LogP contribution in [-0.2, 0) is 0 Å². The van der Waals surface area contributed by atoms with Crippen LogP contribution >= 0.6 is 15.9 Å². The maximum Gasteiger partial charge on any atom is 0.312 e. The highest BCUT2D eigenvalue weighted by Crippen LogP contribution is 2.32. The average Bonchev–Trinajstić information content (AvgIpc) is 2.83. The smallest absolute Gasteiger partial charge is 0.312 e. The third-order valence-electron chi connectivity index (χ3n) is 2.80. The lowest BCUT2D eigenvalue weighted by atomic mass is 10.2. The molecule has 1 aliphatic rings. The number of ether oxygens (including phenoxy) is 1. The molecule has 5 nitrogen and oxygen atoms in total. The predicted octanol–water partition coefficient (Wildman–Crippen LogP) is 2.63. The Morgan fingerprint density at radius 2 is 2.39 bits per heavy atom. The van der Waals surface area contributed by atoms with Crippen LogP contribution in [0, 0.1) is 15.9 Å². The molecule has 1 aromatic rings. The summed E-state index contributed by atoms with van der Waals surface area (Å²) in [5, 5.41) is 14.1. The van der Waals surface area contributed by atoms with E-state index in [4.69, 9.17) is 4.74 Å². The van der Waals surface area contributed by atoms with Crippen LogP contribution in [0.2, 0.25) is 0 Å². The zero-order valence-corrected chi connectivity index (χ0v) is 11.1. The third kappa shape index (κ3) is 2.97. The summed E-state index contributed by atoms with van der Waals surface area (Å²) in [4.78, 5) is 10.3. The first-order valence-electron chi connectivity index (χ1n) is 5.57. The molecule has 1 aliphatic heterocycles. The normalized spacial score (nSPS) is 18.9. The van der Waals surface area contributed by atoms with Crippen molar-refractivity contribution >= 4 is 21.6 Å². The summed E-state index contributed by atoms with van der Waals surface area (Å²) in [7, 11) is 0. The molecule has 0 saturated carbocycles. The van der Waals surface area contributed by atoms with Crippen LogP contribution in [0.15, 0.2) is 16.6 Å². The number of nitrogens with one attached hydrogen (secondary N) is 1. The minimum Gasteiger partial charge on any atom is -0.485 e. The number of nitrogens with zero attached hydrogens (tertiary/aromatic N) is 1. The molecule has 0 bridgehead atoms. The quantitative estimate of drug-likeness (QED) is 0.684. The van der Waals surface area contributed by atoms with Crippen molar-refractivity contribution in [3.63, 3.8) is 0 Å². The number of hydrogen-bond acceptors (Lipinski definition) is 4. The molecule has 18 heavy (non-hydrogen) atoms. The van der Waals surface area contributed by atoms with E-state index in [9.17, 15) is 14.5 Å². The van der Waals surface area contributed by atoms with E-state index >= 15 is 0 Å². The molecule has 0 amide bonds. The molecule has 0 unspecified atom stereocenters. The van der Waals surface area contributed by atoms with Gasteiger partial charge in [-0.05, 0) is 35.3 Å². The van der Waals surface area contributed by atoms with E-state index < -0.39 is 10.7 Å². The summed E-state index contributed by atoms with van der Waals surface area (Å²) in [5.41, 5.74) is -0.235. The van der Waals surface area contributed by atoms with Crippen molar-refractivity contribution in [2.45, 2.75) is 18.9 Å². The third-order valence-corrected chi connectivity index (χ3v) is 3.41. The van der Waals surface area contributed by atoms with E-state index in [1.165, 1.54) is 0 Å². The fraction of sp³-hybridized carbons (Fsp3) is 0.455. The van der Waals surface area contributed by atoms with Crippen molar-refractivity contribution in [2.24, 2.45) is 0 Å². The molecule has 1 N–H and O–H groups in total. The highest BCUT2D eigenvalue weighted by Gasteiger charge is 2.21. The van der Waals surface area contributed by atoms with Gasteiger partial charge in [-0.2, -0.15) is 0 Å². The Hall–Kier alpha value is -1.21. The van der Waals surface area contributed by atoms with Gasteiger partial charge in [0.15, 0.2) is 5.75 Å². The molecule has 0 radical (unpaired) electrons. The number of benzene rings is 1. The number of rotatable bonds is 4. The average molecular weight is 319 g/mol. The van der Waals surface area contributed by atoms with Gasteiger partial charge < -0.3 is 10.1 Å². The monoisotopic (exact) mass is 318 g/mol. The predicted molar refractivity (Wildman–Crippen MR) is 67.3 cm³/mol. The van der Waals surface area contributed by atoms with Crippen molar-refractivity contribution in [3.05, 3.63) is 32.5 Å². The summed E-state index contributed by atoms with van der Waals surface area (Å²) in [6.07, 6.45) is 2.03. The summed E-state index contributed by atoms with van der Waals surface area (Å²) < 4.78 is 18.8.